The molecule has 5 nitrogen and oxygen atoms in total. The van der Waals surface area contributed by atoms with E-state index in [1.165, 1.54) is 12.8 Å². The van der Waals surface area contributed by atoms with Crippen LogP contribution in [0.2, 0.25) is 0 Å². The van der Waals surface area contributed by atoms with Crippen LogP contribution >= 0.6 is 0 Å². The lowest BCUT2D eigenvalue weighted by Crippen LogP contribution is -2.39. The van der Waals surface area contributed by atoms with Crippen LogP contribution in [0.1, 0.15) is 18.4 Å². The van der Waals surface area contributed by atoms with Crippen molar-refractivity contribution in [3.63, 3.8) is 0 Å². The topological polar surface area (TPSA) is 72.4 Å². The number of hydrogen-bond donors (Lipinski definition) is 1. The fourth-order valence-corrected chi connectivity index (χ4v) is 2.40. The molecular weight excluding hydrogens is 230 g/mol. The van der Waals surface area contributed by atoms with E-state index in [1.807, 2.05) is 13.1 Å². The molecule has 18 heavy (non-hydrogen) atoms. The van der Waals surface area contributed by atoms with Gasteiger partial charge in [0.2, 0.25) is 0 Å². The Morgan fingerprint density at radius 1 is 1.56 bits per heavy atom. The SMILES string of the molecule is Cc1cc(N(C)C(CN)C2CC2)ccc1[N+](=O)[O-]. The standard InChI is InChI=1S/C13H19N3O2/c1-9-7-11(5-6-12(9)16(17)18)15(2)13(8-14)10-3-4-10/h5-7,10,13H,3-4,8,14H2,1-2H3. The Balaban J connectivity index is 2.22. The Morgan fingerprint density at radius 2 is 2.22 bits per heavy atom. The largest absolute Gasteiger partial charge is 0.370 e. The van der Waals surface area contributed by atoms with Crippen LogP contribution in [-0.2, 0) is 0 Å². The van der Waals surface area contributed by atoms with Crippen LogP contribution in [0.25, 0.3) is 0 Å². The lowest BCUT2D eigenvalue weighted by atomic mass is 10.1. The number of nitro groups is 1. The number of rotatable bonds is 5. The molecule has 1 atom stereocenters. The zero-order valence-electron chi connectivity index (χ0n) is 10.8. The van der Waals surface area contributed by atoms with E-state index in [-0.39, 0.29) is 10.6 Å². The minimum absolute atomic E-state index is 0.169. The van der Waals surface area contributed by atoms with Crippen LogP contribution in [-0.4, -0.2) is 24.6 Å². The Bertz CT molecular complexity index is 458. The summed E-state index contributed by atoms with van der Waals surface area (Å²) < 4.78 is 0. The molecule has 1 aromatic rings. The van der Waals surface area contributed by atoms with Gasteiger partial charge in [-0.25, -0.2) is 0 Å². The number of nitrogens with two attached hydrogens (primary N) is 1. The van der Waals surface area contributed by atoms with Gasteiger partial charge in [0.25, 0.3) is 5.69 Å². The van der Waals surface area contributed by atoms with Gasteiger partial charge in [0.15, 0.2) is 0 Å². The third-order valence-corrected chi connectivity index (χ3v) is 3.69. The third-order valence-electron chi connectivity index (χ3n) is 3.69. The Hall–Kier alpha value is -1.62. The Morgan fingerprint density at radius 3 is 2.67 bits per heavy atom. The first-order chi connectivity index (χ1) is 8.54. The van der Waals surface area contributed by atoms with Gasteiger partial charge in [-0.1, -0.05) is 0 Å². The number of hydrogen-bond acceptors (Lipinski definition) is 4. The molecule has 0 saturated heterocycles. The second-order valence-electron chi connectivity index (χ2n) is 4.98. The zero-order chi connectivity index (χ0) is 13.3. The van der Waals surface area contributed by atoms with Crippen LogP contribution in [0.5, 0.6) is 0 Å². The molecule has 0 aromatic heterocycles. The molecule has 2 rings (SSSR count). The minimum atomic E-state index is -0.347. The van der Waals surface area contributed by atoms with Gasteiger partial charge in [0.1, 0.15) is 0 Å². The maximum atomic E-state index is 10.8. The molecule has 0 heterocycles. The third kappa shape index (κ3) is 2.46. The van der Waals surface area contributed by atoms with Gasteiger partial charge in [0, 0.05) is 37.0 Å². The summed E-state index contributed by atoms with van der Waals surface area (Å²) in [5.74, 6) is 0.676. The smallest absolute Gasteiger partial charge is 0.272 e. The predicted molar refractivity (Wildman–Crippen MR) is 71.8 cm³/mol. The lowest BCUT2D eigenvalue weighted by Gasteiger charge is -2.29. The molecule has 1 aliphatic rings. The van der Waals surface area contributed by atoms with Crippen molar-refractivity contribution in [2.75, 3.05) is 18.5 Å². The van der Waals surface area contributed by atoms with E-state index < -0.39 is 0 Å². The molecule has 1 aliphatic carbocycles. The maximum Gasteiger partial charge on any atom is 0.272 e. The second kappa shape index (κ2) is 4.94. The van der Waals surface area contributed by atoms with Crippen molar-refractivity contribution >= 4 is 11.4 Å². The molecular formula is C13H19N3O2. The zero-order valence-corrected chi connectivity index (χ0v) is 10.8. The summed E-state index contributed by atoms with van der Waals surface area (Å²) in [4.78, 5) is 12.6. The fraction of sp³-hybridized carbons (Fsp3) is 0.538. The van der Waals surface area contributed by atoms with Crippen molar-refractivity contribution in [3.05, 3.63) is 33.9 Å². The van der Waals surface area contributed by atoms with E-state index in [4.69, 9.17) is 5.73 Å². The van der Waals surface area contributed by atoms with Gasteiger partial charge in [-0.2, -0.15) is 0 Å². The molecule has 0 spiro atoms. The van der Waals surface area contributed by atoms with Crippen molar-refractivity contribution in [1.29, 1.82) is 0 Å². The van der Waals surface area contributed by atoms with Crippen LogP contribution < -0.4 is 10.6 Å². The fourth-order valence-electron chi connectivity index (χ4n) is 2.40. The number of likely N-dealkylation sites (N-methyl/N-ethyl adjacent to an activating group) is 1. The first kappa shape index (κ1) is 12.8. The Kier molecular flexibility index (Phi) is 3.52. The second-order valence-corrected chi connectivity index (χ2v) is 4.98. The predicted octanol–water partition coefficient (Wildman–Crippen LogP) is 2.08. The van der Waals surface area contributed by atoms with Crippen molar-refractivity contribution in [2.24, 2.45) is 11.7 Å². The van der Waals surface area contributed by atoms with Crippen LogP contribution in [0.4, 0.5) is 11.4 Å². The molecule has 0 radical (unpaired) electrons. The molecule has 98 valence electrons. The molecule has 5 heteroatoms. The van der Waals surface area contributed by atoms with E-state index in [9.17, 15) is 10.1 Å². The van der Waals surface area contributed by atoms with Gasteiger partial charge in [-0.05, 0) is 37.8 Å². The molecule has 1 aromatic carbocycles. The van der Waals surface area contributed by atoms with E-state index in [0.717, 1.165) is 5.69 Å². The molecule has 2 N–H and O–H groups in total. The number of aryl methyl sites for hydroxylation is 1. The highest BCUT2D eigenvalue weighted by Crippen LogP contribution is 2.36. The van der Waals surface area contributed by atoms with Gasteiger partial charge in [-0.3, -0.25) is 10.1 Å². The van der Waals surface area contributed by atoms with Crippen LogP contribution in [0.3, 0.4) is 0 Å². The molecule has 0 aliphatic heterocycles. The highest BCUT2D eigenvalue weighted by atomic mass is 16.6. The van der Waals surface area contributed by atoms with Crippen LogP contribution in [0.15, 0.2) is 18.2 Å². The number of nitrogens with zero attached hydrogens (tertiary/aromatic N) is 2. The molecule has 1 unspecified atom stereocenters. The van der Waals surface area contributed by atoms with Crippen LogP contribution in [0, 0.1) is 23.0 Å². The van der Waals surface area contributed by atoms with Crippen molar-refractivity contribution in [2.45, 2.75) is 25.8 Å². The summed E-state index contributed by atoms with van der Waals surface area (Å²) in [5.41, 5.74) is 7.68. The van der Waals surface area contributed by atoms with Crippen molar-refractivity contribution < 1.29 is 4.92 Å². The maximum absolute atomic E-state index is 10.8. The number of anilines is 1. The van der Waals surface area contributed by atoms with Crippen molar-refractivity contribution in [3.8, 4) is 0 Å². The van der Waals surface area contributed by atoms with Crippen molar-refractivity contribution in [1.82, 2.24) is 0 Å². The van der Waals surface area contributed by atoms with Gasteiger partial charge in [-0.15, -0.1) is 0 Å². The summed E-state index contributed by atoms with van der Waals surface area (Å²) in [5, 5.41) is 10.8. The van der Waals surface area contributed by atoms with E-state index >= 15 is 0 Å². The number of nitro benzene ring substituents is 1. The van der Waals surface area contributed by atoms with E-state index in [1.54, 1.807) is 19.1 Å². The number of benzene rings is 1. The highest BCUT2D eigenvalue weighted by molar-refractivity contribution is 5.55. The molecule has 1 fully saturated rings. The molecule has 0 bridgehead atoms. The van der Waals surface area contributed by atoms with E-state index in [2.05, 4.69) is 4.90 Å². The van der Waals surface area contributed by atoms with E-state index in [0.29, 0.717) is 24.1 Å². The monoisotopic (exact) mass is 249 g/mol. The molecule has 1 saturated carbocycles. The summed E-state index contributed by atoms with van der Waals surface area (Å²) in [6.07, 6.45) is 2.47. The first-order valence-corrected chi connectivity index (χ1v) is 6.22. The van der Waals surface area contributed by atoms with Gasteiger partial charge >= 0.3 is 0 Å². The lowest BCUT2D eigenvalue weighted by molar-refractivity contribution is -0.385. The first-order valence-electron chi connectivity index (χ1n) is 6.22. The average molecular weight is 249 g/mol. The summed E-state index contributed by atoms with van der Waals surface area (Å²) in [6.45, 7) is 2.39. The quantitative estimate of drug-likeness (QED) is 0.640. The summed E-state index contributed by atoms with van der Waals surface area (Å²) in [7, 11) is 2.01. The Labute approximate surface area is 107 Å². The summed E-state index contributed by atoms with van der Waals surface area (Å²) >= 11 is 0. The normalized spacial score (nSPS) is 16.4. The molecule has 0 amide bonds. The van der Waals surface area contributed by atoms with Gasteiger partial charge < -0.3 is 10.6 Å². The average Bonchev–Trinajstić information content (AvgIpc) is 3.13. The van der Waals surface area contributed by atoms with Gasteiger partial charge in [0.05, 0.1) is 4.92 Å². The highest BCUT2D eigenvalue weighted by Gasteiger charge is 2.33. The minimum Gasteiger partial charge on any atom is -0.370 e. The summed E-state index contributed by atoms with van der Waals surface area (Å²) in [6, 6.07) is 5.58.